The van der Waals surface area contributed by atoms with Crippen LogP contribution in [0.4, 0.5) is 5.69 Å². The van der Waals surface area contributed by atoms with Gasteiger partial charge in [-0.2, -0.15) is 0 Å². The van der Waals surface area contributed by atoms with Gasteiger partial charge in [-0.3, -0.25) is 14.5 Å². The van der Waals surface area contributed by atoms with E-state index in [0.717, 1.165) is 0 Å². The molecule has 0 radical (unpaired) electrons. The van der Waals surface area contributed by atoms with Crippen LogP contribution >= 0.6 is 0 Å². The Hall–Kier alpha value is -3.61. The van der Waals surface area contributed by atoms with Crippen molar-refractivity contribution < 1.29 is 29.0 Å². The van der Waals surface area contributed by atoms with E-state index in [1.54, 1.807) is 50.2 Å². The minimum absolute atomic E-state index is 0.0246. The SMILES string of the molecule is COC(=O)c1ccc(N2C(=O)C(O)=C(C(=O)C(C)C)C2c2ccccc2OC)cc1. The normalized spacial score (nSPS) is 16.2. The number of benzene rings is 2. The molecule has 1 heterocycles. The number of hydrogen-bond acceptors (Lipinski definition) is 6. The maximum Gasteiger partial charge on any atom is 0.337 e. The summed E-state index contributed by atoms with van der Waals surface area (Å²) in [4.78, 5) is 39.1. The highest BCUT2D eigenvalue weighted by Crippen LogP contribution is 2.44. The maximum absolute atomic E-state index is 13.0. The van der Waals surface area contributed by atoms with Gasteiger partial charge in [0.2, 0.25) is 0 Å². The van der Waals surface area contributed by atoms with Crippen LogP contribution in [0.15, 0.2) is 59.9 Å². The molecule has 0 aromatic heterocycles. The van der Waals surface area contributed by atoms with E-state index in [1.807, 2.05) is 0 Å². The molecule has 1 N–H and O–H groups in total. The lowest BCUT2D eigenvalue weighted by Crippen LogP contribution is -2.31. The third-order valence-corrected chi connectivity index (χ3v) is 5.00. The van der Waals surface area contributed by atoms with E-state index in [9.17, 15) is 19.5 Å². The number of carbonyl (C=O) groups is 3. The van der Waals surface area contributed by atoms with E-state index in [1.165, 1.54) is 31.3 Å². The van der Waals surface area contributed by atoms with Crippen molar-refractivity contribution in [1.82, 2.24) is 0 Å². The zero-order chi connectivity index (χ0) is 22.0. The van der Waals surface area contributed by atoms with Gasteiger partial charge < -0.3 is 14.6 Å². The number of methoxy groups -OCH3 is 2. The summed E-state index contributed by atoms with van der Waals surface area (Å²) in [7, 11) is 2.78. The Morgan fingerprint density at radius 2 is 1.67 bits per heavy atom. The van der Waals surface area contributed by atoms with Crippen LogP contribution in [0.2, 0.25) is 0 Å². The molecule has 0 bridgehead atoms. The van der Waals surface area contributed by atoms with Gasteiger partial charge in [0.25, 0.3) is 5.91 Å². The monoisotopic (exact) mass is 409 g/mol. The topological polar surface area (TPSA) is 93.1 Å². The fraction of sp³-hybridized carbons (Fsp3) is 0.261. The van der Waals surface area contributed by atoms with Gasteiger partial charge in [-0.05, 0) is 30.3 Å². The van der Waals surface area contributed by atoms with E-state index in [-0.39, 0.29) is 11.4 Å². The van der Waals surface area contributed by atoms with Crippen LogP contribution in [-0.4, -0.2) is 37.0 Å². The molecular formula is C23H23NO6. The number of anilines is 1. The van der Waals surface area contributed by atoms with Gasteiger partial charge in [0.15, 0.2) is 11.5 Å². The van der Waals surface area contributed by atoms with Gasteiger partial charge in [-0.1, -0.05) is 32.0 Å². The van der Waals surface area contributed by atoms with Crippen LogP contribution in [0.25, 0.3) is 0 Å². The summed E-state index contributed by atoms with van der Waals surface area (Å²) < 4.78 is 10.2. The van der Waals surface area contributed by atoms with E-state index in [2.05, 4.69) is 0 Å². The standard InChI is InChI=1S/C23H23NO6/c1-13(2)20(25)18-19(16-7-5-6-8-17(16)29-3)24(22(27)21(18)26)15-11-9-14(10-12-15)23(28)30-4/h5-13,19,26H,1-4H3. The summed E-state index contributed by atoms with van der Waals surface area (Å²) in [6, 6.07) is 12.3. The zero-order valence-electron chi connectivity index (χ0n) is 17.2. The quantitative estimate of drug-likeness (QED) is 0.733. The van der Waals surface area contributed by atoms with E-state index >= 15 is 0 Å². The molecular weight excluding hydrogens is 386 g/mol. The third-order valence-electron chi connectivity index (χ3n) is 5.00. The minimum Gasteiger partial charge on any atom is -0.503 e. The maximum atomic E-state index is 13.0. The minimum atomic E-state index is -0.868. The van der Waals surface area contributed by atoms with Crippen molar-refractivity contribution in [1.29, 1.82) is 0 Å². The molecule has 1 amide bonds. The fourth-order valence-corrected chi connectivity index (χ4v) is 3.50. The average molecular weight is 409 g/mol. The van der Waals surface area contributed by atoms with Crippen LogP contribution < -0.4 is 9.64 Å². The van der Waals surface area contributed by atoms with Crippen molar-refractivity contribution in [3.63, 3.8) is 0 Å². The van der Waals surface area contributed by atoms with Crippen molar-refractivity contribution >= 4 is 23.3 Å². The Bertz CT molecular complexity index is 1020. The number of esters is 1. The summed E-state index contributed by atoms with van der Waals surface area (Å²) in [5, 5.41) is 10.6. The second kappa shape index (κ2) is 8.41. The number of aliphatic hydroxyl groups is 1. The first kappa shape index (κ1) is 21.1. The summed E-state index contributed by atoms with van der Waals surface area (Å²) in [5.74, 6) is -2.05. The summed E-state index contributed by atoms with van der Waals surface area (Å²) >= 11 is 0. The van der Waals surface area contributed by atoms with Gasteiger partial charge in [0.05, 0.1) is 31.4 Å². The molecule has 1 aliphatic heterocycles. The molecule has 2 aromatic rings. The fourth-order valence-electron chi connectivity index (χ4n) is 3.50. The molecule has 7 nitrogen and oxygen atoms in total. The lowest BCUT2D eigenvalue weighted by atomic mass is 9.90. The molecule has 1 unspecified atom stereocenters. The van der Waals surface area contributed by atoms with Gasteiger partial charge >= 0.3 is 5.97 Å². The van der Waals surface area contributed by atoms with Gasteiger partial charge in [0.1, 0.15) is 5.75 Å². The predicted molar refractivity (Wildman–Crippen MR) is 111 cm³/mol. The smallest absolute Gasteiger partial charge is 0.337 e. The number of rotatable bonds is 6. The molecule has 30 heavy (non-hydrogen) atoms. The molecule has 156 valence electrons. The highest BCUT2D eigenvalue weighted by molar-refractivity contribution is 6.17. The van der Waals surface area contributed by atoms with Gasteiger partial charge in [-0.25, -0.2) is 4.79 Å². The molecule has 0 saturated heterocycles. The number of ether oxygens (including phenoxy) is 2. The first-order valence-electron chi connectivity index (χ1n) is 9.44. The number of Topliss-reactive ketones (excluding diaryl/α,β-unsaturated/α-hetero) is 1. The van der Waals surface area contributed by atoms with Crippen molar-refractivity contribution in [2.75, 3.05) is 19.1 Å². The lowest BCUT2D eigenvalue weighted by Gasteiger charge is -2.28. The van der Waals surface area contributed by atoms with Crippen molar-refractivity contribution in [3.05, 3.63) is 71.0 Å². The van der Waals surface area contributed by atoms with Gasteiger partial charge in [0, 0.05) is 17.2 Å². The molecule has 0 saturated carbocycles. The Kier molecular flexibility index (Phi) is 5.91. The van der Waals surface area contributed by atoms with Crippen molar-refractivity contribution in [2.24, 2.45) is 5.92 Å². The summed E-state index contributed by atoms with van der Waals surface area (Å²) in [6.07, 6.45) is 0. The van der Waals surface area contributed by atoms with E-state index in [4.69, 9.17) is 9.47 Å². The summed E-state index contributed by atoms with van der Waals surface area (Å²) in [5.41, 5.74) is 1.33. The third kappa shape index (κ3) is 3.54. The van der Waals surface area contributed by atoms with Crippen molar-refractivity contribution in [2.45, 2.75) is 19.9 Å². The largest absolute Gasteiger partial charge is 0.503 e. The van der Waals surface area contributed by atoms with Crippen LogP contribution in [-0.2, 0) is 14.3 Å². The first-order valence-corrected chi connectivity index (χ1v) is 9.44. The number of ketones is 1. The predicted octanol–water partition coefficient (Wildman–Crippen LogP) is 3.61. The number of amides is 1. The van der Waals surface area contributed by atoms with E-state index in [0.29, 0.717) is 22.6 Å². The number of hydrogen-bond donors (Lipinski definition) is 1. The second-order valence-corrected chi connectivity index (χ2v) is 7.14. The van der Waals surface area contributed by atoms with Crippen LogP contribution in [0, 0.1) is 5.92 Å². The number of para-hydroxylation sites is 1. The Labute approximate surface area is 174 Å². The number of nitrogens with zero attached hydrogens (tertiary/aromatic N) is 1. The Morgan fingerprint density at radius 3 is 2.23 bits per heavy atom. The molecule has 0 spiro atoms. The van der Waals surface area contributed by atoms with Crippen LogP contribution in [0.5, 0.6) is 5.75 Å². The highest BCUT2D eigenvalue weighted by atomic mass is 16.5. The molecule has 0 aliphatic carbocycles. The second-order valence-electron chi connectivity index (χ2n) is 7.14. The molecule has 3 rings (SSSR count). The molecule has 2 aromatic carbocycles. The van der Waals surface area contributed by atoms with Crippen LogP contribution in [0.1, 0.15) is 35.8 Å². The average Bonchev–Trinajstić information content (AvgIpc) is 3.03. The van der Waals surface area contributed by atoms with Crippen LogP contribution in [0.3, 0.4) is 0 Å². The van der Waals surface area contributed by atoms with E-state index < -0.39 is 29.6 Å². The summed E-state index contributed by atoms with van der Waals surface area (Å²) in [6.45, 7) is 3.42. The zero-order valence-corrected chi connectivity index (χ0v) is 17.2. The number of aliphatic hydroxyl groups excluding tert-OH is 1. The van der Waals surface area contributed by atoms with Gasteiger partial charge in [-0.15, -0.1) is 0 Å². The number of carbonyl (C=O) groups excluding carboxylic acids is 3. The molecule has 7 heteroatoms. The van der Waals surface area contributed by atoms with Crippen molar-refractivity contribution in [3.8, 4) is 5.75 Å². The Morgan fingerprint density at radius 1 is 1.03 bits per heavy atom. The Balaban J connectivity index is 2.17. The molecule has 1 atom stereocenters. The molecule has 0 fully saturated rings. The highest BCUT2D eigenvalue weighted by Gasteiger charge is 2.45. The molecule has 1 aliphatic rings. The first-order chi connectivity index (χ1) is 14.3. The lowest BCUT2D eigenvalue weighted by molar-refractivity contribution is -0.119.